The van der Waals surface area contributed by atoms with Gasteiger partial charge in [-0.25, -0.2) is 0 Å². The highest BCUT2D eigenvalue weighted by molar-refractivity contribution is 5.85. The van der Waals surface area contributed by atoms with E-state index in [1.165, 1.54) is 0 Å². The SMILES string of the molecule is Cl.NC1=NN(Cc2cccc(O)c2)CC1. The number of halogens is 1. The van der Waals surface area contributed by atoms with E-state index < -0.39 is 0 Å². The van der Waals surface area contributed by atoms with E-state index in [1.807, 2.05) is 17.1 Å². The van der Waals surface area contributed by atoms with E-state index in [0.29, 0.717) is 18.1 Å². The molecule has 82 valence electrons. The van der Waals surface area contributed by atoms with Crippen LogP contribution >= 0.6 is 12.4 Å². The van der Waals surface area contributed by atoms with Crippen molar-refractivity contribution >= 4 is 18.2 Å². The molecular weight excluding hydrogens is 214 g/mol. The van der Waals surface area contributed by atoms with E-state index in [-0.39, 0.29) is 12.4 Å². The Morgan fingerprint density at radius 1 is 1.47 bits per heavy atom. The Morgan fingerprint density at radius 3 is 2.87 bits per heavy atom. The number of nitrogens with zero attached hydrogens (tertiary/aromatic N) is 2. The molecule has 0 spiro atoms. The van der Waals surface area contributed by atoms with Crippen molar-refractivity contribution in [2.45, 2.75) is 13.0 Å². The van der Waals surface area contributed by atoms with Crippen molar-refractivity contribution in [3.05, 3.63) is 29.8 Å². The van der Waals surface area contributed by atoms with Gasteiger partial charge in [-0.1, -0.05) is 12.1 Å². The Hall–Kier alpha value is -1.42. The molecule has 3 N–H and O–H groups in total. The van der Waals surface area contributed by atoms with Gasteiger partial charge in [0, 0.05) is 13.0 Å². The molecule has 1 aliphatic rings. The fourth-order valence-corrected chi connectivity index (χ4v) is 1.51. The number of amidine groups is 1. The van der Waals surface area contributed by atoms with Crippen LogP contribution in [0.25, 0.3) is 0 Å². The molecule has 1 aromatic rings. The van der Waals surface area contributed by atoms with Gasteiger partial charge in [0.2, 0.25) is 0 Å². The Labute approximate surface area is 94.8 Å². The predicted molar refractivity (Wildman–Crippen MR) is 62.0 cm³/mol. The van der Waals surface area contributed by atoms with E-state index in [2.05, 4.69) is 5.10 Å². The molecule has 0 unspecified atom stereocenters. The molecule has 0 saturated carbocycles. The van der Waals surface area contributed by atoms with Crippen LogP contribution in [0.1, 0.15) is 12.0 Å². The molecule has 0 aliphatic carbocycles. The first-order chi connectivity index (χ1) is 6.74. The van der Waals surface area contributed by atoms with Gasteiger partial charge in [-0.15, -0.1) is 12.4 Å². The molecular formula is C10H14ClN3O. The van der Waals surface area contributed by atoms with E-state index in [0.717, 1.165) is 18.5 Å². The van der Waals surface area contributed by atoms with Gasteiger partial charge in [0.15, 0.2) is 0 Å². The molecule has 1 aromatic carbocycles. The summed E-state index contributed by atoms with van der Waals surface area (Å²) in [5, 5.41) is 15.3. The molecule has 0 bridgehead atoms. The maximum Gasteiger partial charge on any atom is 0.121 e. The van der Waals surface area contributed by atoms with Crippen LogP contribution < -0.4 is 5.73 Å². The zero-order valence-corrected chi connectivity index (χ0v) is 9.07. The maximum absolute atomic E-state index is 9.26. The van der Waals surface area contributed by atoms with Gasteiger partial charge >= 0.3 is 0 Å². The molecule has 4 nitrogen and oxygen atoms in total. The van der Waals surface area contributed by atoms with E-state index in [4.69, 9.17) is 5.73 Å². The summed E-state index contributed by atoms with van der Waals surface area (Å²) in [7, 11) is 0. The second-order valence-corrected chi connectivity index (χ2v) is 3.40. The molecule has 0 fully saturated rings. The Morgan fingerprint density at radius 2 is 2.27 bits per heavy atom. The summed E-state index contributed by atoms with van der Waals surface area (Å²) in [5.74, 6) is 0.976. The van der Waals surface area contributed by atoms with Gasteiger partial charge in [-0.05, 0) is 17.7 Å². The van der Waals surface area contributed by atoms with Crippen molar-refractivity contribution in [3.63, 3.8) is 0 Å². The Kier molecular flexibility index (Phi) is 3.80. The van der Waals surface area contributed by atoms with Crippen LogP contribution in [0, 0.1) is 0 Å². The first-order valence-electron chi connectivity index (χ1n) is 4.60. The van der Waals surface area contributed by atoms with E-state index >= 15 is 0 Å². The van der Waals surface area contributed by atoms with Gasteiger partial charge in [0.1, 0.15) is 11.6 Å². The lowest BCUT2D eigenvalue weighted by Crippen LogP contribution is -2.13. The summed E-state index contributed by atoms with van der Waals surface area (Å²) in [6.45, 7) is 1.57. The number of hydrogen-bond acceptors (Lipinski definition) is 4. The maximum atomic E-state index is 9.26. The zero-order chi connectivity index (χ0) is 9.97. The summed E-state index contributed by atoms with van der Waals surface area (Å²) in [5.41, 5.74) is 6.61. The number of hydrazone groups is 1. The summed E-state index contributed by atoms with van der Waals surface area (Å²) in [6, 6.07) is 7.19. The van der Waals surface area contributed by atoms with Gasteiger partial charge in [-0.2, -0.15) is 5.10 Å². The molecule has 0 aromatic heterocycles. The third kappa shape index (κ3) is 3.02. The Bertz CT molecular complexity index is 367. The van der Waals surface area contributed by atoms with Crippen LogP contribution in [0.2, 0.25) is 0 Å². The molecule has 0 saturated heterocycles. The molecule has 5 heteroatoms. The highest BCUT2D eigenvalue weighted by Crippen LogP contribution is 2.14. The van der Waals surface area contributed by atoms with Crippen LogP contribution in [0.3, 0.4) is 0 Å². The van der Waals surface area contributed by atoms with E-state index in [1.54, 1.807) is 12.1 Å². The minimum Gasteiger partial charge on any atom is -0.508 e. The van der Waals surface area contributed by atoms with Crippen molar-refractivity contribution < 1.29 is 5.11 Å². The highest BCUT2D eigenvalue weighted by Gasteiger charge is 2.11. The lowest BCUT2D eigenvalue weighted by Gasteiger charge is -2.12. The van der Waals surface area contributed by atoms with Crippen molar-refractivity contribution in [2.24, 2.45) is 10.8 Å². The van der Waals surface area contributed by atoms with E-state index in [9.17, 15) is 5.11 Å². The summed E-state index contributed by atoms with van der Waals surface area (Å²) in [4.78, 5) is 0. The van der Waals surface area contributed by atoms with Crippen molar-refractivity contribution in [2.75, 3.05) is 6.54 Å². The Balaban J connectivity index is 0.00000112. The minimum atomic E-state index is 0. The number of aromatic hydroxyl groups is 1. The van der Waals surface area contributed by atoms with Crippen molar-refractivity contribution in [1.29, 1.82) is 0 Å². The largest absolute Gasteiger partial charge is 0.508 e. The van der Waals surface area contributed by atoms with Gasteiger partial charge in [0.05, 0.1) is 6.54 Å². The summed E-state index contributed by atoms with van der Waals surface area (Å²) < 4.78 is 0. The number of benzene rings is 1. The zero-order valence-electron chi connectivity index (χ0n) is 8.26. The quantitative estimate of drug-likeness (QED) is 0.801. The topological polar surface area (TPSA) is 61.8 Å². The van der Waals surface area contributed by atoms with Crippen molar-refractivity contribution in [3.8, 4) is 5.75 Å². The van der Waals surface area contributed by atoms with Gasteiger partial charge in [-0.3, -0.25) is 5.01 Å². The molecule has 0 radical (unpaired) electrons. The smallest absolute Gasteiger partial charge is 0.121 e. The van der Waals surface area contributed by atoms with Crippen LogP contribution in [-0.2, 0) is 6.54 Å². The van der Waals surface area contributed by atoms with Crippen LogP contribution in [0.5, 0.6) is 5.75 Å². The molecule has 1 heterocycles. The minimum absolute atomic E-state index is 0. The lowest BCUT2D eigenvalue weighted by atomic mass is 10.2. The van der Waals surface area contributed by atoms with Crippen LogP contribution in [0.15, 0.2) is 29.4 Å². The number of phenols is 1. The average molecular weight is 228 g/mol. The fourth-order valence-electron chi connectivity index (χ4n) is 1.51. The molecule has 0 amide bonds. The fraction of sp³-hybridized carbons (Fsp3) is 0.300. The number of rotatable bonds is 2. The molecule has 1 aliphatic heterocycles. The van der Waals surface area contributed by atoms with Gasteiger partial charge in [0.25, 0.3) is 0 Å². The third-order valence-corrected chi connectivity index (χ3v) is 2.17. The molecule has 0 atom stereocenters. The van der Waals surface area contributed by atoms with Crippen LogP contribution in [0.4, 0.5) is 0 Å². The predicted octanol–water partition coefficient (Wildman–Crippen LogP) is 1.29. The highest BCUT2D eigenvalue weighted by atomic mass is 35.5. The number of phenolic OH excluding ortho intramolecular Hbond substituents is 1. The van der Waals surface area contributed by atoms with Crippen LogP contribution in [-0.4, -0.2) is 22.5 Å². The molecule has 15 heavy (non-hydrogen) atoms. The van der Waals surface area contributed by atoms with Gasteiger partial charge < -0.3 is 10.8 Å². The molecule has 2 rings (SSSR count). The monoisotopic (exact) mass is 227 g/mol. The average Bonchev–Trinajstić information content (AvgIpc) is 2.51. The summed E-state index contributed by atoms with van der Waals surface area (Å²) in [6.07, 6.45) is 0.832. The second-order valence-electron chi connectivity index (χ2n) is 3.40. The number of hydrogen-bond donors (Lipinski definition) is 2. The first kappa shape index (κ1) is 11.7. The summed E-state index contributed by atoms with van der Waals surface area (Å²) >= 11 is 0. The third-order valence-electron chi connectivity index (χ3n) is 2.17. The standard InChI is InChI=1S/C10H13N3O.ClH/c11-10-4-5-13(12-10)7-8-2-1-3-9(14)6-8;/h1-3,6,14H,4-5,7H2,(H2,11,12);1H. The second kappa shape index (κ2) is 4.89. The lowest BCUT2D eigenvalue weighted by molar-refractivity contribution is 0.309. The first-order valence-corrected chi connectivity index (χ1v) is 4.60. The van der Waals surface area contributed by atoms with Crippen molar-refractivity contribution in [1.82, 2.24) is 5.01 Å². The normalized spacial score (nSPS) is 14.7. The number of nitrogens with two attached hydrogens (primary N) is 1.